The molecule has 1 aromatic carbocycles. The van der Waals surface area contributed by atoms with E-state index in [4.69, 9.17) is 5.41 Å². The van der Waals surface area contributed by atoms with E-state index in [1.165, 1.54) is 12.1 Å². The summed E-state index contributed by atoms with van der Waals surface area (Å²) in [7, 11) is 0. The molecule has 0 aromatic heterocycles. The van der Waals surface area contributed by atoms with E-state index in [-0.39, 0.29) is 11.1 Å². The van der Waals surface area contributed by atoms with Crippen LogP contribution in [0.15, 0.2) is 28.8 Å². The fraction of sp³-hybridized carbons (Fsp3) is 0. The molecule has 0 bridgehead atoms. The van der Waals surface area contributed by atoms with Crippen molar-refractivity contribution in [3.63, 3.8) is 0 Å². The van der Waals surface area contributed by atoms with Gasteiger partial charge in [-0.2, -0.15) is 0 Å². The molecule has 1 aliphatic rings. The summed E-state index contributed by atoms with van der Waals surface area (Å²) in [6.07, 6.45) is 1.16. The highest BCUT2D eigenvalue weighted by Gasteiger charge is 2.27. The van der Waals surface area contributed by atoms with Crippen molar-refractivity contribution >= 4 is 17.6 Å². The number of carbonyl (C=O) groups excluding carboxylic acids is 1. The van der Waals surface area contributed by atoms with E-state index >= 15 is 0 Å². The minimum atomic E-state index is -0.860. The Morgan fingerprint density at radius 3 is 2.50 bits per heavy atom. The number of carbonyl (C=O) groups is 1. The Morgan fingerprint density at radius 1 is 1.12 bits per heavy atom. The first-order valence-corrected chi connectivity index (χ1v) is 4.43. The summed E-state index contributed by atoms with van der Waals surface area (Å²) >= 11 is 0. The van der Waals surface area contributed by atoms with Crippen LogP contribution in [0.2, 0.25) is 0 Å². The average Bonchev–Trinajstić information content (AvgIpc) is 2.37. The summed E-state index contributed by atoms with van der Waals surface area (Å²) in [6.45, 7) is 0. The Morgan fingerprint density at radius 2 is 1.81 bits per heavy atom. The van der Waals surface area contributed by atoms with Gasteiger partial charge in [0, 0.05) is 0 Å². The molecule has 0 amide bonds. The Labute approximate surface area is 89.8 Å². The molecule has 0 spiro atoms. The van der Waals surface area contributed by atoms with E-state index in [1.807, 2.05) is 0 Å². The van der Waals surface area contributed by atoms with Crippen LogP contribution in [0.1, 0.15) is 15.9 Å². The lowest BCUT2D eigenvalue weighted by atomic mass is 9.95. The summed E-state index contributed by atoms with van der Waals surface area (Å²) in [6, 6.07) is 3.89. The summed E-state index contributed by atoms with van der Waals surface area (Å²) in [5.74, 6) is -2.03. The first-order chi connectivity index (χ1) is 7.52. The van der Waals surface area contributed by atoms with Crippen LogP contribution >= 0.6 is 0 Å². The number of aliphatic hydroxyl groups is 1. The number of fused-ring (bicyclic) bond motifs is 1. The van der Waals surface area contributed by atoms with Crippen molar-refractivity contribution < 1.29 is 15.0 Å². The van der Waals surface area contributed by atoms with E-state index in [1.54, 1.807) is 0 Å². The smallest absolute Gasteiger partial charge is 0.220 e. The molecule has 3 N–H and O–H groups in total. The van der Waals surface area contributed by atoms with Gasteiger partial charge in [0.2, 0.25) is 11.2 Å². The van der Waals surface area contributed by atoms with Crippen molar-refractivity contribution in [2.75, 3.05) is 0 Å². The molecule has 0 atom stereocenters. The van der Waals surface area contributed by atoms with Gasteiger partial charge in [-0.1, -0.05) is 12.1 Å². The average molecular weight is 217 g/mol. The molecule has 5 heteroatoms. The maximum Gasteiger partial charge on any atom is 0.220 e. The first-order valence-electron chi connectivity index (χ1n) is 4.43. The highest BCUT2D eigenvalue weighted by Crippen LogP contribution is 2.24. The van der Waals surface area contributed by atoms with Crippen molar-refractivity contribution in [2.45, 2.75) is 0 Å². The van der Waals surface area contributed by atoms with Gasteiger partial charge in [0.05, 0.1) is 5.56 Å². The second-order valence-electron chi connectivity index (χ2n) is 3.30. The van der Waals surface area contributed by atoms with Gasteiger partial charge in [-0.3, -0.25) is 15.0 Å². The second kappa shape index (κ2) is 3.30. The zero-order valence-corrected chi connectivity index (χ0v) is 8.02. The number of ketones is 1. The zero-order chi connectivity index (χ0) is 11.9. The van der Waals surface area contributed by atoms with Crippen LogP contribution in [0.3, 0.4) is 0 Å². The highest BCUT2D eigenvalue weighted by atomic mass is 16.3. The van der Waals surface area contributed by atoms with Crippen molar-refractivity contribution in [3.05, 3.63) is 45.3 Å². The molecule has 0 heterocycles. The number of allylic oxidation sites excluding steroid dienone is 1. The topological polar surface area (TPSA) is 98.5 Å². The monoisotopic (exact) mass is 217 g/mol. The minimum absolute atomic E-state index is 0.220. The van der Waals surface area contributed by atoms with Gasteiger partial charge in [-0.25, -0.2) is 0 Å². The number of Topliss-reactive ketones (excluding diaryl/α,β-unsaturated/α-hetero) is 1. The fourth-order valence-electron chi connectivity index (χ4n) is 1.48. The highest BCUT2D eigenvalue weighted by molar-refractivity contribution is 6.52. The lowest BCUT2D eigenvalue weighted by Gasteiger charge is -2.10. The van der Waals surface area contributed by atoms with Crippen molar-refractivity contribution in [2.24, 2.45) is 0 Å². The van der Waals surface area contributed by atoms with Crippen molar-refractivity contribution in [3.8, 4) is 5.75 Å². The predicted octanol–water partition coefficient (Wildman–Crippen LogP) is 0.867. The molecule has 0 saturated carbocycles. The third kappa shape index (κ3) is 1.30. The Balaban J connectivity index is 2.92. The van der Waals surface area contributed by atoms with Crippen LogP contribution in [-0.4, -0.2) is 21.7 Å². The van der Waals surface area contributed by atoms with E-state index in [2.05, 4.69) is 0 Å². The summed E-state index contributed by atoms with van der Waals surface area (Å²) in [5.41, 5.74) is -1.35. The van der Waals surface area contributed by atoms with Gasteiger partial charge in [0.15, 0.2) is 5.75 Å². The van der Waals surface area contributed by atoms with Gasteiger partial charge < -0.3 is 10.2 Å². The van der Waals surface area contributed by atoms with Crippen LogP contribution in [0.5, 0.6) is 5.75 Å². The van der Waals surface area contributed by atoms with E-state index in [9.17, 15) is 19.8 Å². The van der Waals surface area contributed by atoms with Crippen molar-refractivity contribution in [1.82, 2.24) is 0 Å². The van der Waals surface area contributed by atoms with E-state index in [0.717, 1.165) is 12.1 Å². The molecule has 1 aliphatic carbocycles. The lowest BCUT2D eigenvalue weighted by molar-refractivity contribution is 0.105. The molecule has 16 heavy (non-hydrogen) atoms. The number of hydrogen-bond acceptors (Lipinski definition) is 5. The zero-order valence-electron chi connectivity index (χ0n) is 8.02. The van der Waals surface area contributed by atoms with Crippen LogP contribution in [-0.2, 0) is 0 Å². The normalized spacial score (nSPS) is 14.4. The number of rotatable bonds is 0. The minimum Gasteiger partial charge on any atom is -0.506 e. The van der Waals surface area contributed by atoms with E-state index < -0.39 is 28.4 Å². The summed E-state index contributed by atoms with van der Waals surface area (Å²) in [4.78, 5) is 22.9. The van der Waals surface area contributed by atoms with Gasteiger partial charge in [-0.15, -0.1) is 0 Å². The molecule has 0 aliphatic heterocycles. The van der Waals surface area contributed by atoms with Gasteiger partial charge in [0.1, 0.15) is 11.5 Å². The molecule has 5 nitrogen and oxygen atoms in total. The number of hydrogen-bond donors (Lipinski definition) is 3. The SMILES string of the molecule is N=C1C(=O)c2c(cccc(=O)c2O)C=C1O. The molecular weight excluding hydrogens is 210 g/mol. The maximum atomic E-state index is 11.6. The summed E-state index contributed by atoms with van der Waals surface area (Å²) in [5, 5.41) is 26.1. The molecule has 0 radical (unpaired) electrons. The summed E-state index contributed by atoms with van der Waals surface area (Å²) < 4.78 is 0. The molecule has 0 unspecified atom stereocenters. The number of nitrogens with one attached hydrogen (secondary N) is 1. The van der Waals surface area contributed by atoms with Crippen LogP contribution in [0, 0.1) is 5.41 Å². The van der Waals surface area contributed by atoms with Gasteiger partial charge >= 0.3 is 0 Å². The standard InChI is InChI=1S/C11H7NO4/c12-9-7(14)4-5-2-1-3-6(13)10(15)8(5)11(9)16/h1-4,12,14H,(H,13,15). The Hall–Kier alpha value is -2.43. The third-order valence-electron chi connectivity index (χ3n) is 2.28. The molecule has 0 fully saturated rings. The van der Waals surface area contributed by atoms with Crippen LogP contribution in [0.25, 0.3) is 6.08 Å². The molecular formula is C11H7NO4. The van der Waals surface area contributed by atoms with Crippen LogP contribution < -0.4 is 5.43 Å². The third-order valence-corrected chi connectivity index (χ3v) is 2.28. The first kappa shape index (κ1) is 10.1. The second-order valence-corrected chi connectivity index (χ2v) is 3.30. The fourth-order valence-corrected chi connectivity index (χ4v) is 1.48. The quantitative estimate of drug-likeness (QED) is 0.600. The number of aromatic hydroxyl groups is 1. The van der Waals surface area contributed by atoms with Crippen molar-refractivity contribution in [1.29, 1.82) is 5.41 Å². The maximum absolute atomic E-state index is 11.6. The Bertz CT molecular complexity index is 601. The largest absolute Gasteiger partial charge is 0.506 e. The van der Waals surface area contributed by atoms with Crippen LogP contribution in [0.4, 0.5) is 0 Å². The molecule has 0 saturated heterocycles. The molecule has 1 aromatic rings. The molecule has 2 rings (SSSR count). The van der Waals surface area contributed by atoms with Gasteiger partial charge in [0.25, 0.3) is 0 Å². The lowest BCUT2D eigenvalue weighted by Crippen LogP contribution is -2.21. The molecule has 80 valence electrons. The van der Waals surface area contributed by atoms with Gasteiger partial charge in [-0.05, 0) is 17.7 Å². The predicted molar refractivity (Wildman–Crippen MR) is 57.0 cm³/mol. The number of aliphatic hydroxyl groups excluding tert-OH is 1. The Kier molecular flexibility index (Phi) is 2.09. The van der Waals surface area contributed by atoms with E-state index in [0.29, 0.717) is 0 Å².